The molecule has 135 heavy (non-hydrogen) atoms. The third-order valence-electron chi connectivity index (χ3n) is 24.5. The minimum atomic E-state index is -5.15. The summed E-state index contributed by atoms with van der Waals surface area (Å²) in [6.07, 6.45) is -10.1. The van der Waals surface area contributed by atoms with Crippen LogP contribution in [-0.2, 0) is 132 Å². The van der Waals surface area contributed by atoms with E-state index in [1.54, 1.807) is 34.6 Å². The zero-order valence-electron chi connectivity index (χ0n) is 79.3. The fraction of sp³-hybridized carbons (Fsp3) is 0.898. The van der Waals surface area contributed by atoms with Crippen molar-refractivity contribution >= 4 is 75.9 Å². The molecule has 0 aromatic heterocycles. The lowest BCUT2D eigenvalue weighted by Gasteiger charge is -2.40. The van der Waals surface area contributed by atoms with Gasteiger partial charge in [-0.05, 0) is 97.3 Å². The maximum atomic E-state index is 14.6. The van der Waals surface area contributed by atoms with E-state index in [4.69, 9.17) is 84.2 Å². The van der Waals surface area contributed by atoms with Crippen molar-refractivity contribution in [3.8, 4) is 0 Å². The normalized spacial score (nSPS) is 30.6. The number of nitrogens with zero attached hydrogens (tertiary/aromatic N) is 1. The van der Waals surface area contributed by atoms with Crippen LogP contribution in [0.1, 0.15) is 214 Å². The molecule has 0 spiro atoms. The zero-order valence-corrected chi connectivity index (χ0v) is 82.0. The van der Waals surface area contributed by atoms with E-state index >= 15 is 0 Å². The Hall–Kier alpha value is -3.72. The van der Waals surface area contributed by atoms with Gasteiger partial charge in [0.25, 0.3) is 0 Å². The monoisotopic (exact) mass is 2000 g/mol. The molecule has 0 aromatic rings. The van der Waals surface area contributed by atoms with Gasteiger partial charge in [0, 0.05) is 141 Å². The van der Waals surface area contributed by atoms with Crippen LogP contribution in [0.2, 0.25) is 0 Å². The lowest BCUT2D eigenvalue weighted by molar-refractivity contribution is -0.282. The number of ketones is 5. The van der Waals surface area contributed by atoms with Crippen LogP contribution in [0, 0.1) is 17.8 Å². The van der Waals surface area contributed by atoms with Crippen LogP contribution in [0.3, 0.4) is 0 Å². The molecule has 6 saturated heterocycles. The predicted molar refractivity (Wildman–Crippen MR) is 481 cm³/mol. The van der Waals surface area contributed by atoms with E-state index in [0.717, 1.165) is 4.90 Å². The number of Topliss-reactive ketones (excluding diaryl/α,β-unsaturated/α-hetero) is 5. The third-order valence-corrected chi connectivity index (χ3v) is 27.2. The first-order valence-electron chi connectivity index (χ1n) is 47.5. The van der Waals surface area contributed by atoms with Crippen molar-refractivity contribution in [2.24, 2.45) is 17.8 Å². The van der Waals surface area contributed by atoms with E-state index in [1.165, 1.54) is 13.8 Å². The molecule has 784 valence electrons. The number of ether oxygens (including phenoxy) is 13. The van der Waals surface area contributed by atoms with Crippen molar-refractivity contribution in [2.45, 2.75) is 349 Å². The van der Waals surface area contributed by atoms with Crippen molar-refractivity contribution in [2.75, 3.05) is 139 Å². The quantitative estimate of drug-likeness (QED) is 0.0236. The van der Waals surface area contributed by atoms with Gasteiger partial charge in [-0.3, -0.25) is 56.5 Å². The number of aliphatic hydroxyl groups is 10. The Kier molecular flexibility index (Phi) is 55.8. The van der Waals surface area contributed by atoms with Crippen molar-refractivity contribution in [3.05, 3.63) is 0 Å². The molecule has 27 atom stereocenters. The van der Waals surface area contributed by atoms with E-state index in [2.05, 4.69) is 16.9 Å². The van der Waals surface area contributed by atoms with Crippen molar-refractivity contribution in [3.63, 3.8) is 0 Å². The number of unbranched alkanes of at least 4 members (excludes halogenated alkanes) is 8. The molecule has 15 N–H and O–H groups in total. The summed E-state index contributed by atoms with van der Waals surface area (Å²) in [6, 6.07) is -1.14. The number of amides is 3. The fourth-order valence-corrected chi connectivity index (χ4v) is 18.9. The maximum absolute atomic E-state index is 14.6. The number of aliphatic hydroxyl groups excluding tert-OH is 10. The number of phosphoric ester groups is 2. The summed E-state index contributed by atoms with van der Waals surface area (Å²) in [5, 5.41) is 107. The topological polar surface area (TPSA) is 627 Å². The summed E-state index contributed by atoms with van der Waals surface area (Å²) in [4.78, 5) is 141. The standard InChI is InChI=1S/C88H156N3O41P3/c1-56-43-68(72(126-56)51-125-135(113,114)132-84-73(52-123-133(7,8)110)127-60(5)83(84)119-42-41-115-6)131-134(111,112)124-50-61-44-67(100)46-91(61)76(103)45-75(102)90-88(53-116-38-31-65(98)25-13-9-11-23-62(95)28-16-20-35-120-85-57(2)77(104)80(107)69(47-92)128-85,54-117-39-32-66(99)26-14-10-12-24-63(96)29-17-21-36-121-86-58(3)78(105)81(108)70(48-93)129-86)55-118-40-33-74(101)89-34-19-15-27-64(97)30-18-22-37-122-87-59(4)79(106)82(109)71(49-94)130-87/h56-61,67-73,77-87,92-94,100,104-110H,7,9-55H2,1-6,8H3,(H,89,101)(H,90,102)(H,111,112)(H,113,114)/t56-,57?,58?,59?,60-,61-,67+,68-,69?,70?,71?,72+,73+,77+,78+,79+,80-,81-,82-,83-,84+,85+,86+,87+,88?,133?/m0/s1. The van der Waals surface area contributed by atoms with Gasteiger partial charge < -0.3 is 147 Å². The minimum Gasteiger partial charge on any atom is -0.394 e. The second kappa shape index (κ2) is 62.7. The molecular weight excluding hydrogens is 1850 g/mol. The molecule has 0 aliphatic carbocycles. The first kappa shape index (κ1) is 120. The summed E-state index contributed by atoms with van der Waals surface area (Å²) >= 11 is 0. The highest BCUT2D eigenvalue weighted by atomic mass is 31.2. The Bertz CT molecular complexity index is 3420. The van der Waals surface area contributed by atoms with Gasteiger partial charge in [-0.15, -0.1) is 0 Å². The number of β-amino-alcohol motifs (C(OH)–C–C–N with tert-alkyl or cyclic N) is 1. The Labute approximate surface area is 791 Å². The molecule has 6 aliphatic rings. The molecule has 0 aromatic carbocycles. The second-order valence-corrected chi connectivity index (χ2v) is 41.5. The van der Waals surface area contributed by atoms with E-state index < -0.39 is 252 Å². The Morgan fingerprint density at radius 3 is 1.27 bits per heavy atom. The Morgan fingerprint density at radius 1 is 0.430 bits per heavy atom. The van der Waals surface area contributed by atoms with E-state index in [1.807, 2.05) is 0 Å². The number of carbonyl (C=O) groups is 8. The molecule has 0 radical (unpaired) electrons. The van der Waals surface area contributed by atoms with Crippen LogP contribution >= 0.6 is 23.0 Å². The van der Waals surface area contributed by atoms with Gasteiger partial charge in [0.15, 0.2) is 18.9 Å². The summed E-state index contributed by atoms with van der Waals surface area (Å²) in [5.74, 6) is -4.26. The SMILES string of the molecule is C=P(C)(O)OC[C@H]1O[C@@H](C)[C@H](OCCOC)[C@@H]1OP(=O)(O)OC[C@H]1O[C@@H](C)C[C@@H]1OP(=O)(O)OC[C@@H]1C[C@@H](O)CN1C(=O)CC(=O)NC(COCCC(=O)CCCCCC(=O)CCCCO[C@@H]1OC(CO)[C@H](O)[C@H](O)C1C)(COCCC(=O)CCCCCC(=O)CCCCO[C@@H]1OC(CO)[C@H](O)[C@H](O)C1C)COCCC(=O)NCCCCC(=O)CCCCO[C@@H]1OC(CO)[C@H](O)[C@H](O)C1C. The minimum absolute atomic E-state index is 0.000678. The first-order valence-corrected chi connectivity index (χ1v) is 52.8. The third kappa shape index (κ3) is 44.2. The Morgan fingerprint density at radius 2 is 0.837 bits per heavy atom. The second-order valence-electron chi connectivity index (χ2n) is 36.3. The summed E-state index contributed by atoms with van der Waals surface area (Å²) < 4.78 is 130. The van der Waals surface area contributed by atoms with Gasteiger partial charge >= 0.3 is 15.6 Å². The highest BCUT2D eigenvalue weighted by Gasteiger charge is 2.51. The van der Waals surface area contributed by atoms with Crippen LogP contribution < -0.4 is 10.6 Å². The average Bonchev–Trinajstić information content (AvgIpc) is 1.70. The van der Waals surface area contributed by atoms with Crippen LogP contribution in [0.25, 0.3) is 0 Å². The molecule has 9 unspecified atom stereocenters. The number of hydrogen-bond donors (Lipinski definition) is 15. The van der Waals surface area contributed by atoms with Crippen molar-refractivity contribution < 1.29 is 197 Å². The molecule has 47 heteroatoms. The van der Waals surface area contributed by atoms with E-state index in [-0.39, 0.29) is 185 Å². The Balaban J connectivity index is 1.07. The molecule has 6 rings (SSSR count). The number of phosphoric acid groups is 2. The van der Waals surface area contributed by atoms with Crippen LogP contribution in [-0.4, -0.2) is 397 Å². The summed E-state index contributed by atoms with van der Waals surface area (Å²) in [7, 11) is -11.8. The molecule has 6 fully saturated rings. The summed E-state index contributed by atoms with van der Waals surface area (Å²) in [5.41, 5.74) is -1.74. The van der Waals surface area contributed by atoms with Gasteiger partial charge in [0.1, 0.15) is 115 Å². The molecule has 3 amide bonds. The van der Waals surface area contributed by atoms with Gasteiger partial charge in [-0.1, -0.05) is 39.9 Å². The van der Waals surface area contributed by atoms with Gasteiger partial charge in [-0.2, -0.15) is 0 Å². The lowest BCUT2D eigenvalue weighted by atomic mass is 9.92. The maximum Gasteiger partial charge on any atom is 0.472 e. The van der Waals surface area contributed by atoms with Crippen molar-refractivity contribution in [1.82, 2.24) is 15.5 Å². The van der Waals surface area contributed by atoms with E-state index in [9.17, 15) is 113 Å². The molecule has 6 heterocycles. The lowest BCUT2D eigenvalue weighted by Crippen LogP contribution is -2.59. The number of methoxy groups -OCH3 is 1. The molecular formula is C88H156N3O41P3. The molecule has 0 bridgehead atoms. The van der Waals surface area contributed by atoms with Crippen LogP contribution in [0.5, 0.6) is 0 Å². The van der Waals surface area contributed by atoms with Crippen LogP contribution in [0.15, 0.2) is 0 Å². The molecule has 0 saturated carbocycles. The number of carbonyl (C=O) groups excluding carboxylic acids is 8. The number of likely N-dealkylation sites (tertiary alicyclic amines) is 1. The highest BCUT2D eigenvalue weighted by molar-refractivity contribution is 7.62. The average molecular weight is 2010 g/mol. The van der Waals surface area contributed by atoms with Gasteiger partial charge in [0.05, 0.1) is 135 Å². The van der Waals surface area contributed by atoms with Gasteiger partial charge in [-0.25, -0.2) is 9.13 Å². The predicted octanol–water partition coefficient (Wildman–Crippen LogP) is 2.15. The zero-order chi connectivity index (χ0) is 99.4. The fourth-order valence-electron chi connectivity index (χ4n) is 16.5. The van der Waals surface area contributed by atoms with Gasteiger partial charge in [0.2, 0.25) is 17.7 Å². The highest BCUT2D eigenvalue weighted by Crippen LogP contribution is 2.52. The number of nitrogens with one attached hydrogen (secondary N) is 2. The smallest absolute Gasteiger partial charge is 0.394 e. The first-order chi connectivity index (χ1) is 64.1. The van der Waals surface area contributed by atoms with Crippen LogP contribution in [0.4, 0.5) is 0 Å². The molecule has 44 nitrogen and oxygen atoms in total. The number of hydrogen-bond acceptors (Lipinski definition) is 39. The number of rotatable bonds is 73. The largest absolute Gasteiger partial charge is 0.472 e. The molecule has 6 aliphatic heterocycles. The summed E-state index contributed by atoms with van der Waals surface area (Å²) in [6.45, 7) is 5.07. The van der Waals surface area contributed by atoms with Crippen molar-refractivity contribution in [1.29, 1.82) is 0 Å². The van der Waals surface area contributed by atoms with E-state index in [0.29, 0.717) is 89.9 Å².